The zero-order chi connectivity index (χ0) is 9.19. The van der Waals surface area contributed by atoms with E-state index < -0.39 is 5.60 Å². The Labute approximate surface area is 80.6 Å². The smallest absolute Gasteiger partial charge is 0.148 e. The second-order valence-corrected chi connectivity index (χ2v) is 3.55. The molecule has 1 unspecified atom stereocenters. The molecule has 0 heterocycles. The third-order valence-electron chi connectivity index (χ3n) is 1.68. The monoisotopic (exact) mass is 224 g/mol. The Morgan fingerprint density at radius 1 is 1.50 bits per heavy atom. The molecule has 0 bridgehead atoms. The number of benzene rings is 1. The van der Waals surface area contributed by atoms with Crippen LogP contribution in [0.1, 0.15) is 12.5 Å². The maximum absolute atomic E-state index is 9.71. The summed E-state index contributed by atoms with van der Waals surface area (Å²) >= 11 is 3.32. The van der Waals surface area contributed by atoms with Gasteiger partial charge >= 0.3 is 0 Å². The van der Waals surface area contributed by atoms with E-state index in [2.05, 4.69) is 21.9 Å². The largest absolute Gasteiger partial charge is 0.374 e. The van der Waals surface area contributed by atoms with Crippen LogP contribution >= 0.6 is 15.9 Å². The van der Waals surface area contributed by atoms with E-state index in [1.165, 1.54) is 0 Å². The summed E-state index contributed by atoms with van der Waals surface area (Å²) in [5, 5.41) is 9.71. The first-order valence-corrected chi connectivity index (χ1v) is 4.32. The molecule has 1 nitrogen and oxygen atoms in total. The van der Waals surface area contributed by atoms with Crippen LogP contribution in [-0.2, 0) is 5.60 Å². The van der Waals surface area contributed by atoms with Crippen LogP contribution < -0.4 is 0 Å². The van der Waals surface area contributed by atoms with Gasteiger partial charge in [-0.15, -0.1) is 6.42 Å². The minimum absolute atomic E-state index is 0.715. The molecule has 12 heavy (non-hydrogen) atoms. The Kier molecular flexibility index (Phi) is 2.56. The lowest BCUT2D eigenvalue weighted by Crippen LogP contribution is -2.18. The molecule has 2 heteroatoms. The summed E-state index contributed by atoms with van der Waals surface area (Å²) in [5.74, 6) is 2.32. The van der Waals surface area contributed by atoms with Crippen LogP contribution in [0.4, 0.5) is 0 Å². The summed E-state index contributed by atoms with van der Waals surface area (Å²) in [4.78, 5) is 0. The Morgan fingerprint density at radius 3 is 2.58 bits per heavy atom. The molecule has 0 radical (unpaired) electrons. The fourth-order valence-electron chi connectivity index (χ4n) is 0.934. The minimum Gasteiger partial charge on any atom is -0.374 e. The molecule has 62 valence electrons. The second-order valence-electron chi connectivity index (χ2n) is 2.70. The lowest BCUT2D eigenvalue weighted by atomic mass is 9.97. The average molecular weight is 225 g/mol. The molecule has 0 fully saturated rings. The first-order chi connectivity index (χ1) is 5.58. The molecule has 1 aromatic carbocycles. The molecule has 1 rings (SSSR count). The van der Waals surface area contributed by atoms with Gasteiger partial charge in [0.25, 0.3) is 0 Å². The van der Waals surface area contributed by atoms with Gasteiger partial charge in [-0.05, 0) is 13.0 Å². The molecule has 1 N–H and O–H groups in total. The zero-order valence-corrected chi connectivity index (χ0v) is 8.30. The highest BCUT2D eigenvalue weighted by Gasteiger charge is 2.21. The number of halogens is 1. The van der Waals surface area contributed by atoms with Crippen molar-refractivity contribution in [1.82, 2.24) is 0 Å². The first kappa shape index (κ1) is 9.31. The Balaban J connectivity index is 3.22. The van der Waals surface area contributed by atoms with Crippen LogP contribution in [0, 0.1) is 12.3 Å². The molecule has 0 aliphatic heterocycles. The molecule has 0 spiro atoms. The van der Waals surface area contributed by atoms with Crippen molar-refractivity contribution in [3.63, 3.8) is 0 Å². The van der Waals surface area contributed by atoms with Gasteiger partial charge in [0.2, 0.25) is 0 Å². The topological polar surface area (TPSA) is 20.2 Å². The van der Waals surface area contributed by atoms with Crippen molar-refractivity contribution in [3.05, 3.63) is 34.3 Å². The highest BCUT2D eigenvalue weighted by molar-refractivity contribution is 9.10. The molecule has 0 saturated carbocycles. The lowest BCUT2D eigenvalue weighted by molar-refractivity contribution is 0.121. The molecule has 0 amide bonds. The Hall–Kier alpha value is -0.780. The van der Waals surface area contributed by atoms with E-state index in [1.807, 2.05) is 18.2 Å². The van der Waals surface area contributed by atoms with Crippen LogP contribution in [0.15, 0.2) is 28.7 Å². The summed E-state index contributed by atoms with van der Waals surface area (Å²) < 4.78 is 0.827. The van der Waals surface area contributed by atoms with E-state index in [4.69, 9.17) is 6.42 Å². The number of rotatable bonds is 1. The van der Waals surface area contributed by atoms with Crippen molar-refractivity contribution in [3.8, 4) is 12.3 Å². The summed E-state index contributed by atoms with van der Waals surface area (Å²) in [6, 6.07) is 7.36. The van der Waals surface area contributed by atoms with Crippen molar-refractivity contribution < 1.29 is 5.11 Å². The van der Waals surface area contributed by atoms with Gasteiger partial charge in [-0.3, -0.25) is 0 Å². The standard InChI is InChI=1S/C10H9BrO/c1-3-10(2,12)8-6-4-5-7-9(8)11/h1,4-7,12H,2H3. The van der Waals surface area contributed by atoms with Crippen LogP contribution in [0.3, 0.4) is 0 Å². The molecule has 1 aromatic rings. The normalized spacial score (nSPS) is 14.8. The number of hydrogen-bond donors (Lipinski definition) is 1. The van der Waals surface area contributed by atoms with Gasteiger partial charge in [-0.1, -0.05) is 40.0 Å². The highest BCUT2D eigenvalue weighted by Crippen LogP contribution is 2.26. The summed E-state index contributed by atoms with van der Waals surface area (Å²) in [6.07, 6.45) is 5.19. The fraction of sp³-hybridized carbons (Fsp3) is 0.200. The van der Waals surface area contributed by atoms with Crippen molar-refractivity contribution in [2.24, 2.45) is 0 Å². The van der Waals surface area contributed by atoms with Gasteiger partial charge in [-0.25, -0.2) is 0 Å². The van der Waals surface area contributed by atoms with Gasteiger partial charge in [-0.2, -0.15) is 0 Å². The van der Waals surface area contributed by atoms with Gasteiger partial charge in [0, 0.05) is 10.0 Å². The van der Waals surface area contributed by atoms with Gasteiger partial charge < -0.3 is 5.11 Å². The van der Waals surface area contributed by atoms with Gasteiger partial charge in [0.05, 0.1) is 0 Å². The summed E-state index contributed by atoms with van der Waals surface area (Å²) in [6.45, 7) is 1.59. The summed E-state index contributed by atoms with van der Waals surface area (Å²) in [7, 11) is 0. The van der Waals surface area contributed by atoms with Crippen molar-refractivity contribution in [2.75, 3.05) is 0 Å². The Morgan fingerprint density at radius 2 is 2.08 bits per heavy atom. The van der Waals surface area contributed by atoms with E-state index in [1.54, 1.807) is 13.0 Å². The van der Waals surface area contributed by atoms with E-state index in [9.17, 15) is 5.11 Å². The third kappa shape index (κ3) is 1.69. The maximum Gasteiger partial charge on any atom is 0.148 e. The molecule has 0 saturated heterocycles. The zero-order valence-electron chi connectivity index (χ0n) is 6.71. The number of aliphatic hydroxyl groups is 1. The van der Waals surface area contributed by atoms with Crippen molar-refractivity contribution in [2.45, 2.75) is 12.5 Å². The highest BCUT2D eigenvalue weighted by atomic mass is 79.9. The molecule has 0 aliphatic rings. The van der Waals surface area contributed by atoms with Crippen LogP contribution in [0.2, 0.25) is 0 Å². The van der Waals surface area contributed by atoms with Gasteiger partial charge in [0.1, 0.15) is 5.60 Å². The minimum atomic E-state index is -1.19. The molecule has 1 atom stereocenters. The Bertz CT molecular complexity index is 323. The van der Waals surface area contributed by atoms with E-state index in [-0.39, 0.29) is 0 Å². The number of hydrogen-bond acceptors (Lipinski definition) is 1. The van der Waals surface area contributed by atoms with Crippen LogP contribution in [0.25, 0.3) is 0 Å². The van der Waals surface area contributed by atoms with Gasteiger partial charge in [0.15, 0.2) is 0 Å². The quantitative estimate of drug-likeness (QED) is 0.727. The van der Waals surface area contributed by atoms with Crippen LogP contribution in [0.5, 0.6) is 0 Å². The van der Waals surface area contributed by atoms with E-state index in [0.29, 0.717) is 5.56 Å². The molecular weight excluding hydrogens is 216 g/mol. The third-order valence-corrected chi connectivity index (χ3v) is 2.37. The molecule has 0 aromatic heterocycles. The fourth-order valence-corrected chi connectivity index (χ4v) is 1.60. The van der Waals surface area contributed by atoms with E-state index >= 15 is 0 Å². The molecular formula is C10H9BrO. The van der Waals surface area contributed by atoms with Crippen molar-refractivity contribution >= 4 is 15.9 Å². The number of terminal acetylenes is 1. The predicted molar refractivity (Wildman–Crippen MR) is 52.5 cm³/mol. The predicted octanol–water partition coefficient (Wildman–Crippen LogP) is 2.29. The van der Waals surface area contributed by atoms with E-state index in [0.717, 1.165) is 4.47 Å². The second kappa shape index (κ2) is 3.30. The summed E-state index contributed by atoms with van der Waals surface area (Å²) in [5.41, 5.74) is -0.479. The average Bonchev–Trinajstić information content (AvgIpc) is 2.05. The first-order valence-electron chi connectivity index (χ1n) is 3.53. The maximum atomic E-state index is 9.71. The molecule has 0 aliphatic carbocycles. The van der Waals surface area contributed by atoms with Crippen molar-refractivity contribution in [1.29, 1.82) is 0 Å². The van der Waals surface area contributed by atoms with Crippen LogP contribution in [-0.4, -0.2) is 5.11 Å². The lowest BCUT2D eigenvalue weighted by Gasteiger charge is -2.17. The SMILES string of the molecule is C#CC(C)(O)c1ccccc1Br.